The molecule has 0 aliphatic carbocycles. The Labute approximate surface area is 138 Å². The predicted octanol–water partition coefficient (Wildman–Crippen LogP) is 2.47. The lowest BCUT2D eigenvalue weighted by atomic mass is 9.97. The molecular formula is C15H23Cl2N3O. The molecule has 2 heterocycles. The van der Waals surface area contributed by atoms with Crippen LogP contribution in [-0.2, 0) is 0 Å². The fourth-order valence-corrected chi connectivity index (χ4v) is 3.30. The van der Waals surface area contributed by atoms with Crippen molar-refractivity contribution in [3.63, 3.8) is 0 Å². The fraction of sp³-hybridized carbons (Fsp3) is 0.533. The number of nitrogens with zero attached hydrogens (tertiary/aromatic N) is 1. The molecule has 21 heavy (non-hydrogen) atoms. The standard InChI is InChI=1S/C15H21N3O.2ClH/c16-12-4-1-3-11(9-12)15(19)17-13-6-8-18-7-2-5-14(18)10-13;;/h1,3-4,9,13-14H,2,5-8,10,16H2,(H,17,19);2*1H. The van der Waals surface area contributed by atoms with Crippen molar-refractivity contribution in [1.29, 1.82) is 0 Å². The summed E-state index contributed by atoms with van der Waals surface area (Å²) in [6, 6.07) is 8.17. The molecule has 2 atom stereocenters. The van der Waals surface area contributed by atoms with E-state index in [0.29, 0.717) is 23.3 Å². The molecule has 0 aromatic heterocycles. The van der Waals surface area contributed by atoms with E-state index in [1.165, 1.54) is 19.4 Å². The summed E-state index contributed by atoms with van der Waals surface area (Å²) < 4.78 is 0. The van der Waals surface area contributed by atoms with Crippen LogP contribution in [0.2, 0.25) is 0 Å². The van der Waals surface area contributed by atoms with Gasteiger partial charge in [-0.1, -0.05) is 6.07 Å². The lowest BCUT2D eigenvalue weighted by Crippen LogP contribution is -2.47. The molecule has 2 aliphatic heterocycles. The Hall–Kier alpha value is -0.970. The molecule has 118 valence electrons. The molecule has 3 rings (SSSR count). The molecule has 1 amide bonds. The Morgan fingerprint density at radius 3 is 2.81 bits per heavy atom. The highest BCUT2D eigenvalue weighted by Crippen LogP contribution is 2.26. The van der Waals surface area contributed by atoms with E-state index in [1.807, 2.05) is 12.1 Å². The number of halogens is 2. The number of carbonyl (C=O) groups is 1. The second-order valence-electron chi connectivity index (χ2n) is 5.65. The number of rotatable bonds is 2. The van der Waals surface area contributed by atoms with E-state index in [1.54, 1.807) is 12.1 Å². The van der Waals surface area contributed by atoms with E-state index in [2.05, 4.69) is 10.2 Å². The monoisotopic (exact) mass is 331 g/mol. The van der Waals surface area contributed by atoms with Gasteiger partial charge in [0.25, 0.3) is 5.91 Å². The number of hydrogen-bond acceptors (Lipinski definition) is 3. The summed E-state index contributed by atoms with van der Waals surface area (Å²) in [5.74, 6) is 0.00347. The smallest absolute Gasteiger partial charge is 0.251 e. The van der Waals surface area contributed by atoms with Crippen molar-refractivity contribution in [1.82, 2.24) is 10.2 Å². The first-order chi connectivity index (χ1) is 9.22. The molecule has 4 nitrogen and oxygen atoms in total. The van der Waals surface area contributed by atoms with Gasteiger partial charge in [-0.3, -0.25) is 4.79 Å². The van der Waals surface area contributed by atoms with Gasteiger partial charge in [-0.05, 0) is 50.4 Å². The van der Waals surface area contributed by atoms with Gasteiger partial charge in [0.15, 0.2) is 0 Å². The first-order valence-corrected chi connectivity index (χ1v) is 7.13. The molecule has 3 N–H and O–H groups in total. The largest absolute Gasteiger partial charge is 0.399 e. The van der Waals surface area contributed by atoms with Crippen LogP contribution >= 0.6 is 24.8 Å². The van der Waals surface area contributed by atoms with Crippen LogP contribution in [0.5, 0.6) is 0 Å². The van der Waals surface area contributed by atoms with E-state index in [4.69, 9.17) is 5.73 Å². The van der Waals surface area contributed by atoms with E-state index in [0.717, 1.165) is 19.4 Å². The Morgan fingerprint density at radius 1 is 1.24 bits per heavy atom. The van der Waals surface area contributed by atoms with Crippen LogP contribution in [0.3, 0.4) is 0 Å². The zero-order valence-corrected chi connectivity index (χ0v) is 13.6. The van der Waals surface area contributed by atoms with Crippen LogP contribution in [0.1, 0.15) is 36.0 Å². The highest BCUT2D eigenvalue weighted by atomic mass is 35.5. The normalized spacial score (nSPS) is 24.4. The number of piperidine rings is 1. The molecule has 6 heteroatoms. The quantitative estimate of drug-likeness (QED) is 0.818. The van der Waals surface area contributed by atoms with Crippen molar-refractivity contribution in [3.8, 4) is 0 Å². The van der Waals surface area contributed by atoms with Crippen molar-refractivity contribution < 1.29 is 4.79 Å². The molecule has 0 bridgehead atoms. The molecule has 1 aromatic rings. The van der Waals surface area contributed by atoms with E-state index >= 15 is 0 Å². The van der Waals surface area contributed by atoms with Crippen molar-refractivity contribution in [2.75, 3.05) is 18.8 Å². The van der Waals surface area contributed by atoms with E-state index in [9.17, 15) is 4.79 Å². The van der Waals surface area contributed by atoms with Crippen LogP contribution in [-0.4, -0.2) is 36.0 Å². The third-order valence-electron chi connectivity index (χ3n) is 4.30. The molecule has 2 fully saturated rings. The lowest BCUT2D eigenvalue weighted by molar-refractivity contribution is 0.0896. The second-order valence-corrected chi connectivity index (χ2v) is 5.65. The number of benzene rings is 1. The Kier molecular flexibility index (Phi) is 6.78. The number of nitrogen functional groups attached to an aromatic ring is 1. The number of nitrogens with two attached hydrogens (primary N) is 1. The average molecular weight is 332 g/mol. The van der Waals surface area contributed by atoms with Crippen LogP contribution in [0.25, 0.3) is 0 Å². The molecular weight excluding hydrogens is 309 g/mol. The first kappa shape index (κ1) is 18.1. The maximum Gasteiger partial charge on any atom is 0.251 e. The second kappa shape index (κ2) is 7.87. The summed E-state index contributed by atoms with van der Waals surface area (Å²) in [6.07, 6.45) is 4.74. The third-order valence-corrected chi connectivity index (χ3v) is 4.30. The van der Waals surface area contributed by atoms with Gasteiger partial charge >= 0.3 is 0 Å². The maximum absolute atomic E-state index is 12.2. The molecule has 0 saturated carbocycles. The topological polar surface area (TPSA) is 58.4 Å². The van der Waals surface area contributed by atoms with Crippen LogP contribution < -0.4 is 11.1 Å². The van der Waals surface area contributed by atoms with Gasteiger partial charge in [0.05, 0.1) is 0 Å². The number of hydrogen-bond donors (Lipinski definition) is 2. The molecule has 2 unspecified atom stereocenters. The van der Waals surface area contributed by atoms with Crippen molar-refractivity contribution >= 4 is 36.4 Å². The van der Waals surface area contributed by atoms with Crippen molar-refractivity contribution in [2.24, 2.45) is 0 Å². The number of nitrogens with one attached hydrogen (secondary N) is 1. The number of anilines is 1. The SMILES string of the molecule is Cl.Cl.Nc1cccc(C(=O)NC2CCN3CCCC3C2)c1. The first-order valence-electron chi connectivity index (χ1n) is 7.13. The summed E-state index contributed by atoms with van der Waals surface area (Å²) in [6.45, 7) is 2.35. The zero-order chi connectivity index (χ0) is 13.2. The molecule has 1 aromatic carbocycles. The summed E-state index contributed by atoms with van der Waals surface area (Å²) in [5, 5.41) is 3.15. The zero-order valence-electron chi connectivity index (χ0n) is 12.0. The van der Waals surface area contributed by atoms with Gasteiger partial charge < -0.3 is 16.0 Å². The minimum absolute atomic E-state index is 0. The fourth-order valence-electron chi connectivity index (χ4n) is 3.30. The highest BCUT2D eigenvalue weighted by molar-refractivity contribution is 5.95. The summed E-state index contributed by atoms with van der Waals surface area (Å²) in [7, 11) is 0. The minimum atomic E-state index is 0. The number of amides is 1. The highest BCUT2D eigenvalue weighted by Gasteiger charge is 2.32. The minimum Gasteiger partial charge on any atom is -0.399 e. The molecule has 0 spiro atoms. The van der Waals surface area contributed by atoms with Gasteiger partial charge in [-0.2, -0.15) is 0 Å². The van der Waals surface area contributed by atoms with Crippen molar-refractivity contribution in [3.05, 3.63) is 29.8 Å². The Balaban J connectivity index is 0.00000110. The summed E-state index contributed by atoms with van der Waals surface area (Å²) in [5.41, 5.74) is 7.01. The van der Waals surface area contributed by atoms with Crippen molar-refractivity contribution in [2.45, 2.75) is 37.8 Å². The van der Waals surface area contributed by atoms with Crippen LogP contribution in [0.4, 0.5) is 5.69 Å². The maximum atomic E-state index is 12.2. The van der Waals surface area contributed by atoms with Gasteiger partial charge in [0, 0.05) is 29.9 Å². The van der Waals surface area contributed by atoms with Gasteiger partial charge in [-0.25, -0.2) is 0 Å². The summed E-state index contributed by atoms with van der Waals surface area (Å²) in [4.78, 5) is 14.7. The number of carbonyl (C=O) groups excluding carboxylic acids is 1. The van der Waals surface area contributed by atoms with Gasteiger partial charge in [0.1, 0.15) is 0 Å². The predicted molar refractivity (Wildman–Crippen MR) is 90.4 cm³/mol. The summed E-state index contributed by atoms with van der Waals surface area (Å²) >= 11 is 0. The molecule has 0 radical (unpaired) electrons. The lowest BCUT2D eigenvalue weighted by Gasteiger charge is -2.35. The molecule has 2 aliphatic rings. The van der Waals surface area contributed by atoms with E-state index < -0.39 is 0 Å². The van der Waals surface area contributed by atoms with E-state index in [-0.39, 0.29) is 30.7 Å². The van der Waals surface area contributed by atoms with Gasteiger partial charge in [0.2, 0.25) is 0 Å². The number of fused-ring (bicyclic) bond motifs is 1. The average Bonchev–Trinajstić information content (AvgIpc) is 2.86. The Morgan fingerprint density at radius 2 is 2.05 bits per heavy atom. The van der Waals surface area contributed by atoms with Crippen LogP contribution in [0.15, 0.2) is 24.3 Å². The van der Waals surface area contributed by atoms with Crippen LogP contribution in [0, 0.1) is 0 Å². The Bertz CT molecular complexity index is 484. The van der Waals surface area contributed by atoms with Gasteiger partial charge in [-0.15, -0.1) is 24.8 Å². The molecule has 2 saturated heterocycles. The third kappa shape index (κ3) is 4.25.